The summed E-state index contributed by atoms with van der Waals surface area (Å²) in [5.74, 6) is 0. The Hall–Kier alpha value is -1.15. The van der Waals surface area contributed by atoms with Crippen LogP contribution in [0.3, 0.4) is 0 Å². The Morgan fingerprint density at radius 3 is 2.78 bits per heavy atom. The van der Waals surface area contributed by atoms with Crippen LogP contribution in [0.2, 0.25) is 0 Å². The van der Waals surface area contributed by atoms with Crippen molar-refractivity contribution >= 4 is 45.3 Å². The Morgan fingerprint density at radius 1 is 1.44 bits per heavy atom. The van der Waals surface area contributed by atoms with Crippen molar-refractivity contribution in [3.63, 3.8) is 0 Å². The number of halogens is 1. The van der Waals surface area contributed by atoms with Gasteiger partial charge in [0.05, 0.1) is 15.0 Å². The molecule has 94 valence electrons. The number of nitro groups is 1. The van der Waals surface area contributed by atoms with Gasteiger partial charge < -0.3 is 4.90 Å². The molecule has 0 N–H and O–H groups in total. The molecule has 0 bridgehead atoms. The van der Waals surface area contributed by atoms with Gasteiger partial charge in [-0.15, -0.1) is 11.3 Å². The summed E-state index contributed by atoms with van der Waals surface area (Å²) in [6.07, 6.45) is 0. The zero-order valence-electron chi connectivity index (χ0n) is 9.67. The summed E-state index contributed by atoms with van der Waals surface area (Å²) >= 11 is 3.71. The second-order valence-corrected chi connectivity index (χ2v) is 6.02. The summed E-state index contributed by atoms with van der Waals surface area (Å²) in [5.41, 5.74) is 1.14. The maximum absolute atomic E-state index is 10.7. The van der Waals surface area contributed by atoms with E-state index in [1.165, 1.54) is 4.88 Å². The molecule has 0 aliphatic heterocycles. The van der Waals surface area contributed by atoms with E-state index in [1.807, 2.05) is 47.2 Å². The summed E-state index contributed by atoms with van der Waals surface area (Å²) in [5, 5.41) is 12.8. The Bertz CT molecular complexity index is 557. The average molecular weight is 374 g/mol. The Kier molecular flexibility index (Phi) is 4.18. The molecule has 0 atom stereocenters. The van der Waals surface area contributed by atoms with Crippen LogP contribution in [0.4, 0.5) is 11.4 Å². The van der Waals surface area contributed by atoms with Crippen LogP contribution in [0, 0.1) is 13.7 Å². The number of rotatable bonds is 4. The van der Waals surface area contributed by atoms with E-state index in [-0.39, 0.29) is 10.6 Å². The molecule has 0 saturated carbocycles. The normalized spacial score (nSPS) is 10.3. The average Bonchev–Trinajstić information content (AvgIpc) is 2.81. The predicted molar refractivity (Wildman–Crippen MR) is 82.2 cm³/mol. The van der Waals surface area contributed by atoms with Crippen LogP contribution in [0.5, 0.6) is 0 Å². The molecule has 1 aromatic heterocycles. The van der Waals surface area contributed by atoms with Gasteiger partial charge in [0.15, 0.2) is 0 Å². The number of thiophene rings is 1. The van der Waals surface area contributed by atoms with Crippen LogP contribution < -0.4 is 4.90 Å². The molecule has 0 spiro atoms. The molecule has 2 rings (SSSR count). The highest BCUT2D eigenvalue weighted by molar-refractivity contribution is 14.1. The molecule has 0 saturated heterocycles. The van der Waals surface area contributed by atoms with E-state index < -0.39 is 0 Å². The molecular formula is C12H11IN2O2S. The smallest absolute Gasteiger partial charge is 0.282 e. The lowest BCUT2D eigenvalue weighted by atomic mass is 10.2. The SMILES string of the molecule is CN(Cc1cccs1)c1ccc([N+](=O)[O-])c(I)c1. The minimum absolute atomic E-state index is 0.156. The van der Waals surface area contributed by atoms with Crippen molar-refractivity contribution in [3.8, 4) is 0 Å². The Balaban J connectivity index is 2.18. The minimum Gasteiger partial charge on any atom is -0.369 e. The van der Waals surface area contributed by atoms with Gasteiger partial charge in [0.1, 0.15) is 0 Å². The van der Waals surface area contributed by atoms with Crippen LogP contribution >= 0.6 is 33.9 Å². The van der Waals surface area contributed by atoms with Gasteiger partial charge in [-0.3, -0.25) is 10.1 Å². The maximum atomic E-state index is 10.7. The monoisotopic (exact) mass is 374 g/mol. The van der Waals surface area contributed by atoms with E-state index in [0.717, 1.165) is 12.2 Å². The van der Waals surface area contributed by atoms with Crippen LogP contribution in [0.15, 0.2) is 35.7 Å². The van der Waals surface area contributed by atoms with Crippen LogP contribution in [0.1, 0.15) is 4.88 Å². The molecule has 18 heavy (non-hydrogen) atoms. The lowest BCUT2D eigenvalue weighted by Crippen LogP contribution is -2.15. The van der Waals surface area contributed by atoms with E-state index in [2.05, 4.69) is 11.0 Å². The fourth-order valence-corrected chi connectivity index (χ4v) is 3.06. The van der Waals surface area contributed by atoms with Crippen molar-refractivity contribution in [1.29, 1.82) is 0 Å². The number of anilines is 1. The first-order valence-corrected chi connectivity index (χ1v) is 7.21. The molecule has 4 nitrogen and oxygen atoms in total. The zero-order chi connectivity index (χ0) is 13.1. The number of benzene rings is 1. The van der Waals surface area contributed by atoms with E-state index in [9.17, 15) is 10.1 Å². The van der Waals surface area contributed by atoms with Crippen molar-refractivity contribution in [1.82, 2.24) is 0 Å². The third kappa shape index (κ3) is 2.99. The van der Waals surface area contributed by atoms with Crippen LogP contribution in [0.25, 0.3) is 0 Å². The highest BCUT2D eigenvalue weighted by Gasteiger charge is 2.13. The van der Waals surface area contributed by atoms with E-state index >= 15 is 0 Å². The topological polar surface area (TPSA) is 46.4 Å². The molecule has 1 aromatic carbocycles. The zero-order valence-corrected chi connectivity index (χ0v) is 12.6. The lowest BCUT2D eigenvalue weighted by Gasteiger charge is -2.18. The summed E-state index contributed by atoms with van der Waals surface area (Å²) in [6, 6.07) is 9.28. The molecule has 6 heteroatoms. The molecule has 1 heterocycles. The minimum atomic E-state index is -0.356. The van der Waals surface area contributed by atoms with E-state index in [0.29, 0.717) is 3.57 Å². The summed E-state index contributed by atoms with van der Waals surface area (Å²) < 4.78 is 0.660. The highest BCUT2D eigenvalue weighted by Crippen LogP contribution is 2.26. The van der Waals surface area contributed by atoms with E-state index in [1.54, 1.807) is 23.5 Å². The number of hydrogen-bond acceptors (Lipinski definition) is 4. The molecule has 0 aliphatic rings. The molecule has 0 amide bonds. The quantitative estimate of drug-likeness (QED) is 0.463. The van der Waals surface area contributed by atoms with Crippen molar-refractivity contribution in [2.75, 3.05) is 11.9 Å². The standard InChI is InChI=1S/C12H11IN2O2S/c1-14(8-10-3-2-6-18-10)9-4-5-12(15(16)17)11(13)7-9/h2-7H,8H2,1H3. The van der Waals surface area contributed by atoms with Gasteiger partial charge in [-0.1, -0.05) is 6.07 Å². The molecule has 2 aromatic rings. The first-order valence-electron chi connectivity index (χ1n) is 5.25. The Morgan fingerprint density at radius 2 is 2.22 bits per heavy atom. The third-order valence-corrected chi connectivity index (χ3v) is 4.27. The molecule has 0 radical (unpaired) electrons. The van der Waals surface area contributed by atoms with Crippen molar-refractivity contribution in [2.24, 2.45) is 0 Å². The van der Waals surface area contributed by atoms with Gasteiger partial charge in [-0.25, -0.2) is 0 Å². The fourth-order valence-electron chi connectivity index (χ4n) is 1.61. The van der Waals surface area contributed by atoms with Crippen molar-refractivity contribution < 1.29 is 4.92 Å². The second-order valence-electron chi connectivity index (χ2n) is 3.83. The van der Waals surface area contributed by atoms with Gasteiger partial charge in [0.2, 0.25) is 0 Å². The highest BCUT2D eigenvalue weighted by atomic mass is 127. The molecule has 0 fully saturated rings. The summed E-state index contributed by atoms with van der Waals surface area (Å²) in [6.45, 7) is 0.811. The van der Waals surface area contributed by atoms with Gasteiger partial charge in [0.25, 0.3) is 5.69 Å². The number of nitro benzene ring substituents is 1. The third-order valence-electron chi connectivity index (χ3n) is 2.54. The number of nitrogens with zero attached hydrogens (tertiary/aromatic N) is 2. The Labute approximate surface area is 123 Å². The van der Waals surface area contributed by atoms with E-state index in [4.69, 9.17) is 0 Å². The van der Waals surface area contributed by atoms with Crippen LogP contribution in [-0.4, -0.2) is 12.0 Å². The van der Waals surface area contributed by atoms with Crippen LogP contribution in [-0.2, 0) is 6.54 Å². The maximum Gasteiger partial charge on any atom is 0.282 e. The summed E-state index contributed by atoms with van der Waals surface area (Å²) in [4.78, 5) is 13.7. The second kappa shape index (κ2) is 5.66. The van der Waals surface area contributed by atoms with Gasteiger partial charge in [-0.2, -0.15) is 0 Å². The van der Waals surface area contributed by atoms with Crippen molar-refractivity contribution in [3.05, 3.63) is 54.3 Å². The lowest BCUT2D eigenvalue weighted by molar-refractivity contribution is -0.385. The van der Waals surface area contributed by atoms with Gasteiger partial charge in [0, 0.05) is 23.7 Å². The first kappa shape index (κ1) is 13.3. The molecule has 0 unspecified atom stereocenters. The van der Waals surface area contributed by atoms with Gasteiger partial charge >= 0.3 is 0 Å². The van der Waals surface area contributed by atoms with Crippen molar-refractivity contribution in [2.45, 2.75) is 6.54 Å². The molecular weight excluding hydrogens is 363 g/mol. The largest absolute Gasteiger partial charge is 0.369 e. The molecule has 0 aliphatic carbocycles. The summed E-state index contributed by atoms with van der Waals surface area (Å²) in [7, 11) is 1.98. The van der Waals surface area contributed by atoms with Gasteiger partial charge in [-0.05, 0) is 46.2 Å². The number of hydrogen-bond donors (Lipinski definition) is 0. The fraction of sp³-hybridized carbons (Fsp3) is 0.167. The predicted octanol–water partition coefficient (Wildman–Crippen LogP) is 3.90. The first-order chi connectivity index (χ1) is 8.58.